The molecule has 0 saturated heterocycles. The van der Waals surface area contributed by atoms with Gasteiger partial charge in [0.2, 0.25) is 0 Å². The Kier molecular flexibility index (Phi) is 2.71. The lowest BCUT2D eigenvalue weighted by molar-refractivity contribution is 0.0948. The maximum Gasteiger partial charge on any atom is 0.252 e. The molecule has 0 bridgehead atoms. The number of amides is 1. The zero-order chi connectivity index (χ0) is 11.8. The van der Waals surface area contributed by atoms with E-state index in [0.29, 0.717) is 0 Å². The number of rotatable bonds is 3. The number of hydrogen-bond donors (Lipinski definition) is 1. The highest BCUT2D eigenvalue weighted by molar-refractivity contribution is 7.90. The van der Waals surface area contributed by atoms with E-state index in [1.807, 2.05) is 0 Å². The Bertz CT molecular complexity index is 518. The van der Waals surface area contributed by atoms with Crippen LogP contribution in [-0.4, -0.2) is 26.6 Å². The van der Waals surface area contributed by atoms with Crippen LogP contribution in [0.2, 0.25) is 0 Å². The van der Waals surface area contributed by atoms with Gasteiger partial charge in [-0.1, -0.05) is 12.1 Å². The molecule has 4 nitrogen and oxygen atoms in total. The van der Waals surface area contributed by atoms with Gasteiger partial charge in [0.05, 0.1) is 10.5 Å². The fourth-order valence-corrected chi connectivity index (χ4v) is 2.35. The summed E-state index contributed by atoms with van der Waals surface area (Å²) in [6, 6.07) is 6.49. The lowest BCUT2D eigenvalue weighted by Crippen LogP contribution is -2.26. The Hall–Kier alpha value is -1.36. The van der Waals surface area contributed by atoms with Gasteiger partial charge in [-0.3, -0.25) is 4.79 Å². The Morgan fingerprint density at radius 1 is 1.31 bits per heavy atom. The molecule has 1 aromatic rings. The molecular weight excluding hydrogens is 226 g/mol. The Labute approximate surface area is 94.6 Å². The summed E-state index contributed by atoms with van der Waals surface area (Å²) in [5.41, 5.74) is 0.233. The van der Waals surface area contributed by atoms with E-state index in [1.54, 1.807) is 12.1 Å². The third-order valence-corrected chi connectivity index (χ3v) is 3.60. The summed E-state index contributed by atoms with van der Waals surface area (Å²) in [6.07, 6.45) is 3.07. The van der Waals surface area contributed by atoms with Crippen molar-refractivity contribution in [1.29, 1.82) is 0 Å². The van der Waals surface area contributed by atoms with Crippen molar-refractivity contribution in [1.82, 2.24) is 5.32 Å². The summed E-state index contributed by atoms with van der Waals surface area (Å²) < 4.78 is 23.0. The average Bonchev–Trinajstić information content (AvgIpc) is 3.00. The molecule has 2 rings (SSSR count). The molecule has 1 N–H and O–H groups in total. The van der Waals surface area contributed by atoms with Crippen LogP contribution in [0.1, 0.15) is 23.2 Å². The van der Waals surface area contributed by atoms with Crippen LogP contribution in [0.3, 0.4) is 0 Å². The van der Waals surface area contributed by atoms with Gasteiger partial charge in [-0.2, -0.15) is 0 Å². The van der Waals surface area contributed by atoms with Gasteiger partial charge in [-0.05, 0) is 25.0 Å². The van der Waals surface area contributed by atoms with Crippen LogP contribution in [0, 0.1) is 0 Å². The topological polar surface area (TPSA) is 63.2 Å². The fourth-order valence-electron chi connectivity index (χ4n) is 1.47. The van der Waals surface area contributed by atoms with Gasteiger partial charge in [-0.15, -0.1) is 0 Å². The number of carbonyl (C=O) groups is 1. The largest absolute Gasteiger partial charge is 0.349 e. The lowest BCUT2D eigenvalue weighted by atomic mass is 10.2. The van der Waals surface area contributed by atoms with Crippen LogP contribution in [0.5, 0.6) is 0 Å². The molecule has 1 aromatic carbocycles. The summed E-state index contributed by atoms with van der Waals surface area (Å²) >= 11 is 0. The van der Waals surface area contributed by atoms with Crippen molar-refractivity contribution in [2.24, 2.45) is 0 Å². The Morgan fingerprint density at radius 3 is 2.50 bits per heavy atom. The second kappa shape index (κ2) is 3.90. The van der Waals surface area contributed by atoms with E-state index in [9.17, 15) is 13.2 Å². The van der Waals surface area contributed by atoms with Gasteiger partial charge in [0.1, 0.15) is 0 Å². The highest BCUT2D eigenvalue weighted by atomic mass is 32.2. The predicted molar refractivity (Wildman–Crippen MR) is 60.0 cm³/mol. The van der Waals surface area contributed by atoms with Crippen molar-refractivity contribution in [3.05, 3.63) is 29.8 Å². The predicted octanol–water partition coefficient (Wildman–Crippen LogP) is 0.982. The molecule has 0 radical (unpaired) electrons. The summed E-state index contributed by atoms with van der Waals surface area (Å²) in [6.45, 7) is 0. The molecule has 1 fully saturated rings. The molecule has 0 unspecified atom stereocenters. The van der Waals surface area contributed by atoms with E-state index in [0.717, 1.165) is 19.1 Å². The van der Waals surface area contributed by atoms with Crippen LogP contribution < -0.4 is 5.32 Å². The third-order valence-electron chi connectivity index (χ3n) is 2.44. The van der Waals surface area contributed by atoms with Crippen molar-refractivity contribution in [3.8, 4) is 0 Å². The molecule has 0 spiro atoms. The van der Waals surface area contributed by atoms with Gasteiger partial charge in [0.15, 0.2) is 9.84 Å². The van der Waals surface area contributed by atoms with E-state index >= 15 is 0 Å². The van der Waals surface area contributed by atoms with Crippen molar-refractivity contribution in [2.45, 2.75) is 23.8 Å². The molecule has 0 atom stereocenters. The molecule has 1 amide bonds. The second-order valence-corrected chi connectivity index (χ2v) is 6.00. The van der Waals surface area contributed by atoms with E-state index < -0.39 is 9.84 Å². The smallest absolute Gasteiger partial charge is 0.252 e. The summed E-state index contributed by atoms with van der Waals surface area (Å²) in [5, 5.41) is 2.78. The van der Waals surface area contributed by atoms with Crippen molar-refractivity contribution in [2.75, 3.05) is 6.26 Å². The first-order valence-corrected chi connectivity index (χ1v) is 6.97. The minimum atomic E-state index is -3.35. The minimum Gasteiger partial charge on any atom is -0.349 e. The molecule has 0 aromatic heterocycles. The maximum atomic E-state index is 11.8. The highest BCUT2D eigenvalue weighted by Gasteiger charge is 2.26. The lowest BCUT2D eigenvalue weighted by Gasteiger charge is -2.07. The minimum absolute atomic E-state index is 0.0909. The first-order chi connectivity index (χ1) is 7.48. The van der Waals surface area contributed by atoms with Crippen LogP contribution in [0.4, 0.5) is 0 Å². The third kappa shape index (κ3) is 2.41. The number of hydrogen-bond acceptors (Lipinski definition) is 3. The summed E-state index contributed by atoms with van der Waals surface area (Å²) in [7, 11) is -3.35. The van der Waals surface area contributed by atoms with Crippen LogP contribution in [0.15, 0.2) is 29.2 Å². The maximum absolute atomic E-state index is 11.8. The quantitative estimate of drug-likeness (QED) is 0.855. The molecular formula is C11H13NO3S. The average molecular weight is 239 g/mol. The SMILES string of the molecule is CS(=O)(=O)c1ccccc1C(=O)NC1CC1. The number of carbonyl (C=O) groups excluding carboxylic acids is 1. The van der Waals surface area contributed by atoms with Crippen molar-refractivity contribution < 1.29 is 13.2 Å². The van der Waals surface area contributed by atoms with Gasteiger partial charge < -0.3 is 5.32 Å². The molecule has 1 aliphatic carbocycles. The number of sulfone groups is 1. The standard InChI is InChI=1S/C11H13NO3S/c1-16(14,15)10-5-3-2-4-9(10)11(13)12-8-6-7-8/h2-5,8H,6-7H2,1H3,(H,12,13). The van der Waals surface area contributed by atoms with E-state index in [1.165, 1.54) is 12.1 Å². The molecule has 86 valence electrons. The monoisotopic (exact) mass is 239 g/mol. The first-order valence-electron chi connectivity index (χ1n) is 5.08. The highest BCUT2D eigenvalue weighted by Crippen LogP contribution is 2.21. The summed E-state index contributed by atoms with van der Waals surface area (Å²) in [5.74, 6) is -0.302. The van der Waals surface area contributed by atoms with Gasteiger partial charge in [0.25, 0.3) is 5.91 Å². The van der Waals surface area contributed by atoms with Crippen LogP contribution in [-0.2, 0) is 9.84 Å². The van der Waals surface area contributed by atoms with Gasteiger partial charge >= 0.3 is 0 Å². The molecule has 1 saturated carbocycles. The molecule has 5 heteroatoms. The number of nitrogens with one attached hydrogen (secondary N) is 1. The van der Waals surface area contributed by atoms with Gasteiger partial charge in [0, 0.05) is 12.3 Å². The van der Waals surface area contributed by atoms with E-state index in [2.05, 4.69) is 5.32 Å². The van der Waals surface area contributed by atoms with E-state index in [-0.39, 0.29) is 22.4 Å². The molecule has 0 heterocycles. The second-order valence-electron chi connectivity index (χ2n) is 4.02. The molecule has 16 heavy (non-hydrogen) atoms. The van der Waals surface area contributed by atoms with Crippen molar-refractivity contribution >= 4 is 15.7 Å². The van der Waals surface area contributed by atoms with Crippen LogP contribution >= 0.6 is 0 Å². The van der Waals surface area contributed by atoms with E-state index in [4.69, 9.17) is 0 Å². The Balaban J connectivity index is 2.35. The zero-order valence-corrected chi connectivity index (χ0v) is 9.75. The number of benzene rings is 1. The Morgan fingerprint density at radius 2 is 1.94 bits per heavy atom. The van der Waals surface area contributed by atoms with Gasteiger partial charge in [-0.25, -0.2) is 8.42 Å². The van der Waals surface area contributed by atoms with Crippen molar-refractivity contribution in [3.63, 3.8) is 0 Å². The first kappa shape index (κ1) is 11.1. The fraction of sp³-hybridized carbons (Fsp3) is 0.364. The normalized spacial score (nSPS) is 15.8. The molecule has 0 aliphatic heterocycles. The zero-order valence-electron chi connectivity index (χ0n) is 8.93. The van der Waals surface area contributed by atoms with Crippen LogP contribution in [0.25, 0.3) is 0 Å². The molecule has 1 aliphatic rings. The summed E-state index contributed by atoms with van der Waals surface area (Å²) in [4.78, 5) is 11.9.